The average Bonchev–Trinajstić information content (AvgIpc) is 3.79. The maximum absolute atomic E-state index is 2.52. The van der Waals surface area contributed by atoms with E-state index in [4.69, 9.17) is 0 Å². The second-order valence-corrected chi connectivity index (χ2v) is 21.4. The molecule has 6 heteroatoms. The van der Waals surface area contributed by atoms with E-state index in [1.165, 1.54) is 59.6 Å². The van der Waals surface area contributed by atoms with E-state index in [1.54, 1.807) is 26.3 Å². The van der Waals surface area contributed by atoms with Gasteiger partial charge in [0, 0.05) is 0 Å². The van der Waals surface area contributed by atoms with Gasteiger partial charge in [-0.05, 0) is 0 Å². The van der Waals surface area contributed by atoms with Gasteiger partial charge in [0.2, 0.25) is 0 Å². The first-order valence-corrected chi connectivity index (χ1v) is 21.5. The van der Waals surface area contributed by atoms with E-state index in [0.29, 0.717) is 58.0 Å². The molecule has 0 nitrogen and oxygen atoms in total. The van der Waals surface area contributed by atoms with Gasteiger partial charge in [0.25, 0.3) is 0 Å². The maximum atomic E-state index is 2.52. The third kappa shape index (κ3) is 3.54. The molecule has 10 aromatic rings. The number of rotatable bonds is 2. The first-order valence-electron chi connectivity index (χ1n) is 13.0. The van der Waals surface area contributed by atoms with Crippen LogP contribution in [0.15, 0.2) is 97.1 Å². The molecule has 0 unspecified atom stereocenters. The van der Waals surface area contributed by atoms with Crippen LogP contribution in [-0.4, -0.2) is 58.0 Å². The molecule has 0 fully saturated rings. The van der Waals surface area contributed by atoms with Crippen molar-refractivity contribution in [3.05, 3.63) is 97.1 Å². The zero-order valence-electron chi connectivity index (χ0n) is 20.7. The zero-order valence-corrected chi connectivity index (χ0v) is 29.2. The summed E-state index contributed by atoms with van der Waals surface area (Å²) in [5.74, 6) is 0. The number of hydrogen-bond donors (Lipinski definition) is 0. The van der Waals surface area contributed by atoms with E-state index in [9.17, 15) is 0 Å². The van der Waals surface area contributed by atoms with Gasteiger partial charge < -0.3 is 0 Å². The molecule has 0 N–H and O–H groups in total. The van der Waals surface area contributed by atoms with Gasteiger partial charge in [-0.2, -0.15) is 0 Å². The van der Waals surface area contributed by atoms with Gasteiger partial charge in [-0.15, -0.1) is 0 Å². The molecule has 0 saturated carbocycles. The summed E-state index contributed by atoms with van der Waals surface area (Å²) in [6.07, 6.45) is 0. The summed E-state index contributed by atoms with van der Waals surface area (Å²) in [6, 6.07) is 37.8. The van der Waals surface area contributed by atoms with E-state index in [-0.39, 0.29) is 0 Å². The van der Waals surface area contributed by atoms with Crippen LogP contribution in [0.4, 0.5) is 0 Å². The van der Waals surface area contributed by atoms with Crippen LogP contribution in [0.3, 0.4) is 0 Å². The van der Waals surface area contributed by atoms with E-state index in [0.717, 1.165) is 0 Å². The Kier molecular flexibility index (Phi) is 5.20. The van der Waals surface area contributed by atoms with Gasteiger partial charge in [-0.1, -0.05) is 0 Å². The molecule has 0 saturated heterocycles. The molecule has 0 spiro atoms. The predicted molar refractivity (Wildman–Crippen MR) is 183 cm³/mol. The number of thiophene rings is 2. The molecule has 0 amide bonds. The van der Waals surface area contributed by atoms with Crippen LogP contribution < -0.4 is 0 Å². The molecular formula is C34H16S2Se4. The van der Waals surface area contributed by atoms with Gasteiger partial charge in [-0.25, -0.2) is 0 Å². The summed E-state index contributed by atoms with van der Waals surface area (Å²) in [5.41, 5.74) is 0. The van der Waals surface area contributed by atoms with Crippen LogP contribution >= 0.6 is 22.7 Å². The second kappa shape index (κ2) is 8.80. The Balaban J connectivity index is 1.11. The van der Waals surface area contributed by atoms with Crippen LogP contribution in [-0.2, 0) is 0 Å². The normalized spacial score (nSPS) is 12.5. The molecule has 40 heavy (non-hydrogen) atoms. The Morgan fingerprint density at radius 2 is 0.775 bits per heavy atom. The second-order valence-electron chi connectivity index (χ2n) is 10.2. The molecule has 0 bridgehead atoms. The summed E-state index contributed by atoms with van der Waals surface area (Å²) in [4.78, 5) is 0. The summed E-state index contributed by atoms with van der Waals surface area (Å²) in [6.45, 7) is 0. The van der Waals surface area contributed by atoms with Gasteiger partial charge in [0.05, 0.1) is 0 Å². The van der Waals surface area contributed by atoms with Crippen molar-refractivity contribution < 1.29 is 0 Å². The average molecular weight is 804 g/mol. The Bertz CT molecular complexity index is 2360. The molecule has 4 aromatic carbocycles. The molecule has 6 aromatic heterocycles. The Morgan fingerprint density at radius 3 is 1.23 bits per heavy atom. The predicted octanol–water partition coefficient (Wildman–Crippen LogP) is 9.44. The number of hydrogen-bond acceptors (Lipinski definition) is 2. The monoisotopic (exact) mass is 808 g/mol. The van der Waals surface area contributed by atoms with E-state index in [1.807, 2.05) is 22.7 Å². The van der Waals surface area contributed by atoms with Crippen LogP contribution in [0.5, 0.6) is 0 Å². The van der Waals surface area contributed by atoms with Crippen LogP contribution in [0.25, 0.3) is 85.9 Å². The van der Waals surface area contributed by atoms with Crippen molar-refractivity contribution >= 4 is 149 Å². The standard InChI is InChI=1S/C34H16S2Se4/c1-3-7-25-17(5-1)11-29(37-25)31-13-19-9-21-23(15-27(19)39-31)35-34-22-10-20-14-32(40-28(20)16-24(22)36-33(21)34)30-12-18-6-2-4-8-26(18)38-30/h1-16H. The SMILES string of the molecule is c1ccc2[se]c(-c3cc4cc5c(cc4[se]3)sc3c4cc6cc(-c7cc8ccccc8[se]7)[se]c6cc4sc53)cc2c1. The van der Waals surface area contributed by atoms with E-state index < -0.39 is 0 Å². The van der Waals surface area contributed by atoms with Crippen molar-refractivity contribution in [2.24, 2.45) is 0 Å². The van der Waals surface area contributed by atoms with Gasteiger partial charge >= 0.3 is 264 Å². The fraction of sp³-hybridized carbons (Fsp3) is 0. The van der Waals surface area contributed by atoms with Crippen molar-refractivity contribution in [2.75, 3.05) is 0 Å². The minimum atomic E-state index is 0.402. The van der Waals surface area contributed by atoms with E-state index in [2.05, 4.69) is 97.1 Å². The minimum absolute atomic E-state index is 0.402. The molecule has 6 heterocycles. The quantitative estimate of drug-likeness (QED) is 0.153. The Hall–Kier alpha value is -1.90. The topological polar surface area (TPSA) is 0 Å². The summed E-state index contributed by atoms with van der Waals surface area (Å²) in [7, 11) is 0. The molecule has 0 aliphatic heterocycles. The van der Waals surface area contributed by atoms with Gasteiger partial charge in [0.15, 0.2) is 0 Å². The van der Waals surface area contributed by atoms with Crippen molar-refractivity contribution in [1.29, 1.82) is 0 Å². The van der Waals surface area contributed by atoms with Crippen LogP contribution in [0, 0.1) is 0 Å². The molecule has 0 atom stereocenters. The summed E-state index contributed by atoms with van der Waals surface area (Å²) < 4.78 is 18.4. The first kappa shape index (κ1) is 23.6. The number of benzene rings is 4. The van der Waals surface area contributed by atoms with Crippen molar-refractivity contribution in [2.45, 2.75) is 0 Å². The fourth-order valence-corrected chi connectivity index (χ4v) is 18.9. The van der Waals surface area contributed by atoms with Crippen LogP contribution in [0.2, 0.25) is 0 Å². The molecular weight excluding hydrogens is 788 g/mol. The fourth-order valence-electron chi connectivity index (χ4n) is 5.78. The number of fused-ring (bicyclic) bond motifs is 9. The first-order chi connectivity index (χ1) is 19.7. The zero-order chi connectivity index (χ0) is 25.9. The van der Waals surface area contributed by atoms with Crippen molar-refractivity contribution in [3.8, 4) is 17.7 Å². The van der Waals surface area contributed by atoms with Crippen molar-refractivity contribution in [3.63, 3.8) is 0 Å². The van der Waals surface area contributed by atoms with Crippen LogP contribution in [0.1, 0.15) is 0 Å². The van der Waals surface area contributed by atoms with Gasteiger partial charge in [0.1, 0.15) is 0 Å². The van der Waals surface area contributed by atoms with Gasteiger partial charge in [-0.3, -0.25) is 0 Å². The van der Waals surface area contributed by atoms with Crippen molar-refractivity contribution in [1.82, 2.24) is 0 Å². The molecule has 0 aliphatic carbocycles. The Morgan fingerprint density at radius 1 is 0.375 bits per heavy atom. The Labute approximate surface area is 261 Å². The molecule has 0 aliphatic rings. The summed E-state index contributed by atoms with van der Waals surface area (Å²) >= 11 is 5.71. The third-order valence-electron chi connectivity index (χ3n) is 7.69. The summed E-state index contributed by atoms with van der Waals surface area (Å²) in [5, 5.41) is 8.69. The molecule has 10 rings (SSSR count). The molecule has 0 radical (unpaired) electrons. The molecule has 188 valence electrons. The van der Waals surface area contributed by atoms with E-state index >= 15 is 0 Å². The third-order valence-corrected chi connectivity index (χ3v) is 21.1.